The quantitative estimate of drug-likeness (QED) is 0.924. The van der Waals surface area contributed by atoms with Crippen molar-refractivity contribution in [2.24, 2.45) is 5.92 Å². The topological polar surface area (TPSA) is 43.3 Å². The number of amides is 1. The van der Waals surface area contributed by atoms with Gasteiger partial charge in [-0.1, -0.05) is 0 Å². The Bertz CT molecular complexity index is 462. The van der Waals surface area contributed by atoms with Gasteiger partial charge >= 0.3 is 0 Å². The lowest BCUT2D eigenvalue weighted by Crippen LogP contribution is -2.34. The summed E-state index contributed by atoms with van der Waals surface area (Å²) in [5.74, 6) is 0.494. The van der Waals surface area contributed by atoms with E-state index >= 15 is 0 Å². The highest BCUT2D eigenvalue weighted by atomic mass is 79.9. The molecule has 0 radical (unpaired) electrons. The van der Waals surface area contributed by atoms with Crippen LogP contribution in [0.25, 0.3) is 0 Å². The molecule has 5 heteroatoms. The lowest BCUT2D eigenvalue weighted by Gasteiger charge is -2.22. The summed E-state index contributed by atoms with van der Waals surface area (Å²) in [4.78, 5) is 12.3. The first-order chi connectivity index (χ1) is 9.24. The first kappa shape index (κ1) is 13.2. The van der Waals surface area contributed by atoms with E-state index < -0.39 is 0 Å². The van der Waals surface area contributed by atoms with Crippen molar-refractivity contribution in [1.82, 2.24) is 9.88 Å². The van der Waals surface area contributed by atoms with Crippen molar-refractivity contribution >= 4 is 21.8 Å². The van der Waals surface area contributed by atoms with E-state index in [1.807, 2.05) is 12.3 Å². The van der Waals surface area contributed by atoms with Crippen molar-refractivity contribution in [2.45, 2.75) is 31.7 Å². The number of carbonyl (C=O) groups is 1. The lowest BCUT2D eigenvalue weighted by molar-refractivity contribution is 0.0535. The van der Waals surface area contributed by atoms with Crippen LogP contribution in [0.2, 0.25) is 0 Å². The molecule has 0 spiro atoms. The Hall–Kier alpha value is -0.810. The van der Waals surface area contributed by atoms with Gasteiger partial charge in [0.15, 0.2) is 0 Å². The van der Waals surface area contributed by atoms with Crippen LogP contribution in [0.15, 0.2) is 16.7 Å². The Balaban J connectivity index is 1.60. The minimum atomic E-state index is 0.0307. The van der Waals surface area contributed by atoms with Crippen LogP contribution in [-0.4, -0.2) is 30.2 Å². The molecule has 1 saturated carbocycles. The van der Waals surface area contributed by atoms with Crippen LogP contribution in [0, 0.1) is 5.92 Å². The fourth-order valence-electron chi connectivity index (χ4n) is 2.58. The first-order valence-electron chi connectivity index (χ1n) is 6.97. The second kappa shape index (κ2) is 5.67. The zero-order valence-electron chi connectivity index (χ0n) is 10.9. The molecule has 1 amide bonds. The predicted octanol–water partition coefficient (Wildman–Crippen LogP) is 2.74. The monoisotopic (exact) mass is 326 g/mol. The molecule has 2 heterocycles. The maximum absolute atomic E-state index is 12.3. The maximum Gasteiger partial charge on any atom is 0.267 e. The second-order valence-corrected chi connectivity index (χ2v) is 6.39. The smallest absolute Gasteiger partial charge is 0.267 e. The number of carbonyl (C=O) groups excluding carboxylic acids is 1. The van der Waals surface area contributed by atoms with Crippen LogP contribution in [0.5, 0.6) is 0 Å². The van der Waals surface area contributed by atoms with E-state index in [4.69, 9.17) is 4.74 Å². The normalized spacial score (nSPS) is 23.3. The average Bonchev–Trinajstić information content (AvgIpc) is 3.20. The van der Waals surface area contributed by atoms with Crippen LogP contribution in [0.4, 0.5) is 0 Å². The summed E-state index contributed by atoms with van der Waals surface area (Å²) in [5, 5.41) is 3.04. The Morgan fingerprint density at radius 3 is 3.00 bits per heavy atom. The predicted molar refractivity (Wildman–Crippen MR) is 76.3 cm³/mol. The molecule has 1 unspecified atom stereocenters. The van der Waals surface area contributed by atoms with E-state index in [1.165, 1.54) is 12.8 Å². The van der Waals surface area contributed by atoms with Crippen LogP contribution in [0.3, 0.4) is 0 Å². The van der Waals surface area contributed by atoms with Crippen LogP contribution < -0.4 is 5.32 Å². The van der Waals surface area contributed by atoms with Gasteiger partial charge < -0.3 is 14.6 Å². The maximum atomic E-state index is 12.3. The summed E-state index contributed by atoms with van der Waals surface area (Å²) < 4.78 is 8.50. The van der Waals surface area contributed by atoms with Gasteiger partial charge in [-0.25, -0.2) is 0 Å². The second-order valence-electron chi connectivity index (χ2n) is 5.48. The summed E-state index contributed by atoms with van der Waals surface area (Å²) in [6, 6.07) is 2.43. The molecular formula is C14H19BrN2O2. The first-order valence-corrected chi connectivity index (χ1v) is 7.76. The standard InChI is InChI=1S/C14H19BrN2O2/c15-11-6-13(17(8-11)12-3-4-12)14(18)16-7-10-2-1-5-19-9-10/h6,8,10,12H,1-5,7,9H2,(H,16,18). The van der Waals surface area contributed by atoms with Gasteiger partial charge in [0, 0.05) is 29.9 Å². The highest BCUT2D eigenvalue weighted by Crippen LogP contribution is 2.37. The van der Waals surface area contributed by atoms with E-state index in [0.29, 0.717) is 18.5 Å². The number of nitrogens with one attached hydrogen (secondary N) is 1. The van der Waals surface area contributed by atoms with Crippen LogP contribution in [0.1, 0.15) is 42.2 Å². The molecule has 0 bridgehead atoms. The summed E-state index contributed by atoms with van der Waals surface area (Å²) in [5.41, 5.74) is 0.770. The minimum absolute atomic E-state index is 0.0307. The lowest BCUT2D eigenvalue weighted by atomic mass is 10.0. The molecule has 1 aliphatic heterocycles. The Labute approximate surface area is 121 Å². The number of hydrogen-bond acceptors (Lipinski definition) is 2. The Kier molecular flexibility index (Phi) is 3.93. The van der Waals surface area contributed by atoms with E-state index in [-0.39, 0.29) is 5.91 Å². The molecule has 104 valence electrons. The molecule has 19 heavy (non-hydrogen) atoms. The summed E-state index contributed by atoms with van der Waals surface area (Å²) in [6.45, 7) is 2.35. The van der Waals surface area contributed by atoms with Crippen molar-refractivity contribution in [2.75, 3.05) is 19.8 Å². The van der Waals surface area contributed by atoms with Gasteiger partial charge in [0.05, 0.1) is 6.61 Å². The van der Waals surface area contributed by atoms with Gasteiger partial charge in [-0.05, 0) is 53.6 Å². The van der Waals surface area contributed by atoms with Gasteiger partial charge in [-0.15, -0.1) is 0 Å². The zero-order valence-corrected chi connectivity index (χ0v) is 12.5. The van der Waals surface area contributed by atoms with Crippen molar-refractivity contribution in [1.29, 1.82) is 0 Å². The number of hydrogen-bond donors (Lipinski definition) is 1. The number of rotatable bonds is 4. The highest BCUT2D eigenvalue weighted by Gasteiger charge is 2.28. The molecule has 1 aromatic heterocycles. The van der Waals surface area contributed by atoms with Gasteiger partial charge in [0.25, 0.3) is 5.91 Å². The van der Waals surface area contributed by atoms with Crippen molar-refractivity contribution < 1.29 is 9.53 Å². The molecule has 1 N–H and O–H groups in total. The molecule has 2 fully saturated rings. The van der Waals surface area contributed by atoms with Crippen molar-refractivity contribution in [3.8, 4) is 0 Å². The third-order valence-electron chi connectivity index (χ3n) is 3.79. The molecule has 1 aliphatic carbocycles. The summed E-state index contributed by atoms with van der Waals surface area (Å²) in [6.07, 6.45) is 6.62. The van der Waals surface area contributed by atoms with E-state index in [9.17, 15) is 4.79 Å². The van der Waals surface area contributed by atoms with Gasteiger partial charge in [-0.3, -0.25) is 4.79 Å². The molecule has 0 aromatic carbocycles. The Morgan fingerprint density at radius 2 is 2.32 bits per heavy atom. The van der Waals surface area contributed by atoms with Gasteiger partial charge in [-0.2, -0.15) is 0 Å². The van der Waals surface area contributed by atoms with E-state index in [2.05, 4.69) is 25.8 Å². The molecule has 4 nitrogen and oxygen atoms in total. The molecular weight excluding hydrogens is 308 g/mol. The van der Waals surface area contributed by atoms with Crippen molar-refractivity contribution in [3.63, 3.8) is 0 Å². The number of ether oxygens (including phenoxy) is 1. The molecule has 1 atom stereocenters. The largest absolute Gasteiger partial charge is 0.381 e. The molecule has 1 aromatic rings. The number of halogens is 1. The van der Waals surface area contributed by atoms with Crippen molar-refractivity contribution in [3.05, 3.63) is 22.4 Å². The van der Waals surface area contributed by atoms with Crippen LogP contribution >= 0.6 is 15.9 Å². The third kappa shape index (κ3) is 3.20. The summed E-state index contributed by atoms with van der Waals surface area (Å²) in [7, 11) is 0. The molecule has 2 aliphatic rings. The SMILES string of the molecule is O=C(NCC1CCCOC1)c1cc(Br)cn1C1CC1. The fourth-order valence-corrected chi connectivity index (χ4v) is 3.02. The molecule has 3 rings (SSSR count). The van der Waals surface area contributed by atoms with Gasteiger partial charge in [0.1, 0.15) is 5.69 Å². The fraction of sp³-hybridized carbons (Fsp3) is 0.643. The third-order valence-corrected chi connectivity index (χ3v) is 4.23. The van der Waals surface area contributed by atoms with E-state index in [1.54, 1.807) is 0 Å². The number of nitrogens with zero attached hydrogens (tertiary/aromatic N) is 1. The highest BCUT2D eigenvalue weighted by molar-refractivity contribution is 9.10. The number of aromatic nitrogens is 1. The Morgan fingerprint density at radius 1 is 1.47 bits per heavy atom. The van der Waals surface area contributed by atoms with Gasteiger partial charge in [0.2, 0.25) is 0 Å². The average molecular weight is 327 g/mol. The summed E-state index contributed by atoms with van der Waals surface area (Å²) >= 11 is 3.45. The zero-order chi connectivity index (χ0) is 13.2. The molecule has 1 saturated heterocycles. The van der Waals surface area contributed by atoms with Crippen LogP contribution in [-0.2, 0) is 4.74 Å². The van der Waals surface area contributed by atoms with E-state index in [0.717, 1.165) is 36.2 Å². The minimum Gasteiger partial charge on any atom is -0.381 e.